The molecule has 0 unspecified atom stereocenters. The van der Waals surface area contributed by atoms with Crippen molar-refractivity contribution in [2.24, 2.45) is 5.16 Å². The van der Waals surface area contributed by atoms with Crippen LogP contribution in [0.2, 0.25) is 5.02 Å². The highest BCUT2D eigenvalue weighted by atomic mass is 35.6. The van der Waals surface area contributed by atoms with E-state index in [1.54, 1.807) is 23.9 Å². The minimum atomic E-state index is -1.65. The normalized spacial score (nSPS) is 12.5. The molecule has 0 heterocycles. The summed E-state index contributed by atoms with van der Waals surface area (Å²) < 4.78 is -1.00. The fourth-order valence-electron chi connectivity index (χ4n) is 1.28. The molecule has 0 radical (unpaired) electrons. The number of halogens is 4. The number of rotatable bonds is 5. The molecule has 0 aliphatic rings. The van der Waals surface area contributed by atoms with Gasteiger partial charge in [0.1, 0.15) is 0 Å². The van der Waals surface area contributed by atoms with Crippen molar-refractivity contribution < 1.29 is 9.63 Å². The van der Waals surface area contributed by atoms with Crippen LogP contribution in [-0.2, 0) is 4.84 Å². The van der Waals surface area contributed by atoms with Crippen LogP contribution < -0.4 is 0 Å². The van der Waals surface area contributed by atoms with Gasteiger partial charge in [-0.2, -0.15) is 0 Å². The minimum Gasteiger partial charge on any atom is -0.298 e. The highest BCUT2D eigenvalue weighted by molar-refractivity contribution is 8.03. The lowest BCUT2D eigenvalue weighted by atomic mass is 10.2. The summed E-state index contributed by atoms with van der Waals surface area (Å²) in [4.78, 5) is 17.5. The van der Waals surface area contributed by atoms with Crippen LogP contribution in [0.4, 0.5) is 4.79 Å². The first-order chi connectivity index (χ1) is 10.5. The highest BCUT2D eigenvalue weighted by Crippen LogP contribution is 2.40. The summed E-state index contributed by atoms with van der Waals surface area (Å²) in [7, 11) is 1.41. The molecule has 0 bridgehead atoms. The SMILES string of the molecule is CN(SC(Cl)(Cl)Cl)C(=O)ON=CC(C)(C)Sc1ccc(Cl)cc1. The summed E-state index contributed by atoms with van der Waals surface area (Å²) >= 11 is 24.8. The van der Waals surface area contributed by atoms with Crippen LogP contribution >= 0.6 is 70.1 Å². The molecular formula is C13H14Cl4N2O2S2. The molecule has 0 aromatic heterocycles. The van der Waals surface area contributed by atoms with E-state index in [1.807, 2.05) is 26.0 Å². The zero-order valence-electron chi connectivity index (χ0n) is 12.4. The van der Waals surface area contributed by atoms with Gasteiger partial charge in [-0.25, -0.2) is 9.10 Å². The topological polar surface area (TPSA) is 41.9 Å². The van der Waals surface area contributed by atoms with E-state index in [-0.39, 0.29) is 0 Å². The number of nitrogens with zero attached hydrogens (tertiary/aromatic N) is 2. The van der Waals surface area contributed by atoms with E-state index in [0.717, 1.165) is 9.20 Å². The molecule has 0 saturated carbocycles. The Hall–Kier alpha value is 0.0200. The fourth-order valence-corrected chi connectivity index (χ4v) is 3.73. The number of carbonyl (C=O) groups excluding carboxylic acids is 1. The van der Waals surface area contributed by atoms with E-state index in [0.29, 0.717) is 17.0 Å². The summed E-state index contributed by atoms with van der Waals surface area (Å²) in [5.41, 5.74) is 0. The Kier molecular flexibility index (Phi) is 8.17. The predicted molar refractivity (Wildman–Crippen MR) is 102 cm³/mol. The molecule has 4 nitrogen and oxygen atoms in total. The third kappa shape index (κ3) is 9.17. The van der Waals surface area contributed by atoms with Gasteiger partial charge in [-0.3, -0.25) is 4.84 Å². The zero-order chi connectivity index (χ0) is 17.7. The van der Waals surface area contributed by atoms with Crippen LogP contribution in [0.3, 0.4) is 0 Å². The number of thioether (sulfide) groups is 1. The number of benzene rings is 1. The molecule has 0 fully saturated rings. The van der Waals surface area contributed by atoms with Gasteiger partial charge in [0, 0.05) is 28.9 Å². The number of amides is 1. The number of hydrogen-bond acceptors (Lipinski definition) is 5. The molecule has 10 heteroatoms. The van der Waals surface area contributed by atoms with Crippen LogP contribution in [0.25, 0.3) is 0 Å². The molecule has 128 valence electrons. The Morgan fingerprint density at radius 1 is 1.26 bits per heavy atom. The largest absolute Gasteiger partial charge is 0.445 e. The number of alkyl halides is 3. The molecule has 1 rings (SSSR count). The lowest BCUT2D eigenvalue weighted by Gasteiger charge is -2.19. The molecule has 0 aliphatic heterocycles. The molecule has 1 aromatic carbocycles. The van der Waals surface area contributed by atoms with Crippen molar-refractivity contribution in [3.8, 4) is 0 Å². The molecule has 0 saturated heterocycles. The summed E-state index contributed by atoms with van der Waals surface area (Å²) in [5.74, 6) is 0. The molecule has 1 aromatic rings. The van der Waals surface area contributed by atoms with Gasteiger partial charge in [-0.05, 0) is 38.1 Å². The Morgan fingerprint density at radius 2 is 1.83 bits per heavy atom. The van der Waals surface area contributed by atoms with Gasteiger partial charge in [0.15, 0.2) is 0 Å². The molecule has 1 amide bonds. The van der Waals surface area contributed by atoms with Crippen LogP contribution in [0.1, 0.15) is 13.8 Å². The zero-order valence-corrected chi connectivity index (χ0v) is 17.1. The van der Waals surface area contributed by atoms with Crippen molar-refractivity contribution in [2.45, 2.75) is 26.6 Å². The van der Waals surface area contributed by atoms with E-state index >= 15 is 0 Å². The Bertz CT molecular complexity index is 562. The maximum absolute atomic E-state index is 11.7. The van der Waals surface area contributed by atoms with Gasteiger partial charge in [-0.15, -0.1) is 11.8 Å². The number of oxime groups is 1. The summed E-state index contributed by atoms with van der Waals surface area (Å²) in [6.07, 6.45) is 0.780. The third-order valence-electron chi connectivity index (χ3n) is 2.19. The minimum absolute atomic E-state index is 0.394. The third-order valence-corrected chi connectivity index (χ3v) is 4.83. The van der Waals surface area contributed by atoms with Crippen molar-refractivity contribution in [2.75, 3.05) is 7.05 Å². The van der Waals surface area contributed by atoms with Crippen molar-refractivity contribution in [1.29, 1.82) is 0 Å². The van der Waals surface area contributed by atoms with Crippen LogP contribution in [0.5, 0.6) is 0 Å². The highest BCUT2D eigenvalue weighted by Gasteiger charge is 2.27. The number of hydrogen-bond donors (Lipinski definition) is 0. The monoisotopic (exact) mass is 434 g/mol. The molecule has 23 heavy (non-hydrogen) atoms. The van der Waals surface area contributed by atoms with Crippen molar-refractivity contribution >= 4 is 82.4 Å². The van der Waals surface area contributed by atoms with Crippen molar-refractivity contribution in [3.63, 3.8) is 0 Å². The molecule has 0 N–H and O–H groups in total. The second-order valence-corrected chi connectivity index (χ2v) is 11.2. The maximum Gasteiger partial charge on any atom is 0.445 e. The second kappa shape index (κ2) is 8.92. The van der Waals surface area contributed by atoms with E-state index < -0.39 is 14.0 Å². The van der Waals surface area contributed by atoms with Gasteiger partial charge < -0.3 is 0 Å². The fraction of sp³-hybridized carbons (Fsp3) is 0.385. The van der Waals surface area contributed by atoms with E-state index in [2.05, 4.69) is 5.16 Å². The second-order valence-electron chi connectivity index (χ2n) is 4.79. The Balaban J connectivity index is 2.54. The van der Waals surface area contributed by atoms with Crippen molar-refractivity contribution in [1.82, 2.24) is 4.31 Å². The van der Waals surface area contributed by atoms with E-state index in [1.165, 1.54) is 13.3 Å². The molecule has 0 aliphatic carbocycles. The smallest absolute Gasteiger partial charge is 0.298 e. The van der Waals surface area contributed by atoms with Crippen LogP contribution in [0.15, 0.2) is 34.3 Å². The summed E-state index contributed by atoms with van der Waals surface area (Å²) in [6.45, 7) is 3.87. The molecule has 0 atom stereocenters. The summed E-state index contributed by atoms with van der Waals surface area (Å²) in [6, 6.07) is 7.42. The Labute approximate surface area is 163 Å². The van der Waals surface area contributed by atoms with Gasteiger partial charge in [0.25, 0.3) is 3.12 Å². The van der Waals surface area contributed by atoms with Gasteiger partial charge >= 0.3 is 6.09 Å². The first-order valence-corrected chi connectivity index (χ1v) is 9.28. The lowest BCUT2D eigenvalue weighted by Crippen LogP contribution is -2.23. The van der Waals surface area contributed by atoms with Gasteiger partial charge in [0.05, 0.1) is 11.0 Å². The maximum atomic E-state index is 11.7. The first kappa shape index (κ1) is 21.1. The first-order valence-electron chi connectivity index (χ1n) is 6.18. The Morgan fingerprint density at radius 3 is 2.35 bits per heavy atom. The van der Waals surface area contributed by atoms with Gasteiger partial charge in [0.2, 0.25) is 0 Å². The average molecular weight is 436 g/mol. The van der Waals surface area contributed by atoms with E-state index in [9.17, 15) is 4.79 Å². The number of carbonyl (C=O) groups is 1. The van der Waals surface area contributed by atoms with Crippen LogP contribution in [-0.4, -0.2) is 31.5 Å². The lowest BCUT2D eigenvalue weighted by molar-refractivity contribution is 0.137. The van der Waals surface area contributed by atoms with Crippen LogP contribution in [0, 0.1) is 0 Å². The van der Waals surface area contributed by atoms with Crippen molar-refractivity contribution in [3.05, 3.63) is 29.3 Å². The summed E-state index contributed by atoms with van der Waals surface area (Å²) in [5, 5.41) is 4.37. The molecule has 0 spiro atoms. The molecular weight excluding hydrogens is 422 g/mol. The average Bonchev–Trinajstić information content (AvgIpc) is 2.39. The quantitative estimate of drug-likeness (QED) is 0.137. The van der Waals surface area contributed by atoms with E-state index in [4.69, 9.17) is 51.2 Å². The standard InChI is InChI=1S/C13H14Cl4N2O2S2/c1-12(2,22-10-6-4-9(14)5-7-10)8-18-21-11(20)19(3)23-13(15,16)17/h4-8H,1-3H3. The van der Waals surface area contributed by atoms with Gasteiger partial charge in [-0.1, -0.05) is 51.6 Å². The predicted octanol–water partition coefficient (Wildman–Crippen LogP) is 6.24.